The van der Waals surface area contributed by atoms with E-state index in [1.165, 1.54) is 0 Å². The summed E-state index contributed by atoms with van der Waals surface area (Å²) in [5.41, 5.74) is 1.58. The third kappa shape index (κ3) is 4.87. The van der Waals surface area contributed by atoms with Crippen LogP contribution in [-0.4, -0.2) is 31.3 Å². The molecule has 0 N–H and O–H groups in total. The molecule has 0 bridgehead atoms. The van der Waals surface area contributed by atoms with Gasteiger partial charge < -0.3 is 9.64 Å². The molecule has 28 heavy (non-hydrogen) atoms. The molecule has 3 rings (SSSR count). The van der Waals surface area contributed by atoms with Crippen molar-refractivity contribution < 1.29 is 9.53 Å². The number of ketones is 1. The first-order chi connectivity index (χ1) is 13.1. The van der Waals surface area contributed by atoms with Gasteiger partial charge in [-0.05, 0) is 30.8 Å². The Kier molecular flexibility index (Phi) is 7.94. The molecular formula is C24H26ClNO2. The predicted octanol–water partition coefficient (Wildman–Crippen LogP) is 4.70. The van der Waals surface area contributed by atoms with E-state index in [1.54, 1.807) is 0 Å². The Bertz CT molecular complexity index is 812. The lowest BCUT2D eigenvalue weighted by atomic mass is 9.82. The van der Waals surface area contributed by atoms with Crippen LogP contribution >= 0.6 is 12.4 Å². The van der Waals surface area contributed by atoms with E-state index >= 15 is 0 Å². The molecule has 0 fully saturated rings. The van der Waals surface area contributed by atoms with Gasteiger partial charge in [-0.2, -0.15) is 0 Å². The van der Waals surface area contributed by atoms with Gasteiger partial charge >= 0.3 is 0 Å². The van der Waals surface area contributed by atoms with Crippen LogP contribution in [0.3, 0.4) is 0 Å². The van der Waals surface area contributed by atoms with E-state index in [-0.39, 0.29) is 18.2 Å². The van der Waals surface area contributed by atoms with Crippen LogP contribution in [0.15, 0.2) is 91.0 Å². The first kappa shape index (κ1) is 21.8. The molecule has 3 aromatic rings. The van der Waals surface area contributed by atoms with Gasteiger partial charge in [-0.25, -0.2) is 0 Å². The highest BCUT2D eigenvalue weighted by Crippen LogP contribution is 2.36. The van der Waals surface area contributed by atoms with E-state index in [9.17, 15) is 4.79 Å². The van der Waals surface area contributed by atoms with E-state index in [4.69, 9.17) is 4.74 Å². The van der Waals surface area contributed by atoms with Crippen molar-refractivity contribution in [1.82, 2.24) is 4.90 Å². The van der Waals surface area contributed by atoms with Crippen molar-refractivity contribution in [2.24, 2.45) is 0 Å². The fourth-order valence-corrected chi connectivity index (χ4v) is 3.25. The maximum Gasteiger partial charge on any atom is 0.187 e. The van der Waals surface area contributed by atoms with Crippen molar-refractivity contribution in [2.45, 2.75) is 12.2 Å². The molecule has 4 heteroatoms. The van der Waals surface area contributed by atoms with Crippen LogP contribution < -0.4 is 0 Å². The van der Waals surface area contributed by atoms with Crippen molar-refractivity contribution >= 4 is 18.2 Å². The van der Waals surface area contributed by atoms with Gasteiger partial charge in [0.2, 0.25) is 0 Å². The summed E-state index contributed by atoms with van der Waals surface area (Å²) in [5.74, 6) is 0.0147. The standard InChI is InChI=1S/C24H25NO2.ClH/c1-25(2)18-23(26)24(21-14-8-4-9-15-21,22-16-10-5-11-17-22)27-19-20-12-6-3-7-13-20;/h3-17H,18-19H2,1-2H3;1H. The van der Waals surface area contributed by atoms with Gasteiger partial charge in [0.05, 0.1) is 13.2 Å². The Morgan fingerprint density at radius 1 is 0.786 bits per heavy atom. The molecule has 0 aliphatic heterocycles. The lowest BCUT2D eigenvalue weighted by Gasteiger charge is -2.34. The largest absolute Gasteiger partial charge is 0.353 e. The number of likely N-dealkylation sites (N-methyl/N-ethyl adjacent to an activating group) is 1. The number of benzene rings is 3. The van der Waals surface area contributed by atoms with E-state index in [0.717, 1.165) is 16.7 Å². The van der Waals surface area contributed by atoms with Crippen molar-refractivity contribution in [1.29, 1.82) is 0 Å². The number of carbonyl (C=O) groups is 1. The highest BCUT2D eigenvalue weighted by atomic mass is 35.5. The van der Waals surface area contributed by atoms with E-state index < -0.39 is 5.60 Å². The first-order valence-corrected chi connectivity index (χ1v) is 9.10. The summed E-state index contributed by atoms with van der Waals surface area (Å²) in [5, 5.41) is 0. The summed E-state index contributed by atoms with van der Waals surface area (Å²) in [6.07, 6.45) is 0. The molecule has 0 amide bonds. The van der Waals surface area contributed by atoms with Crippen LogP contribution in [0.5, 0.6) is 0 Å². The second-order valence-electron chi connectivity index (χ2n) is 6.85. The number of hydrogen-bond donors (Lipinski definition) is 0. The molecular weight excluding hydrogens is 370 g/mol. The number of ether oxygens (including phenoxy) is 1. The van der Waals surface area contributed by atoms with Crippen LogP contribution in [0.25, 0.3) is 0 Å². The van der Waals surface area contributed by atoms with Gasteiger partial charge in [-0.1, -0.05) is 91.0 Å². The summed E-state index contributed by atoms with van der Waals surface area (Å²) in [4.78, 5) is 15.4. The Balaban J connectivity index is 0.00000280. The van der Waals surface area contributed by atoms with Gasteiger partial charge in [0.15, 0.2) is 11.4 Å². The van der Waals surface area contributed by atoms with Gasteiger partial charge in [-0.3, -0.25) is 4.79 Å². The minimum atomic E-state index is -1.15. The fourth-order valence-electron chi connectivity index (χ4n) is 3.25. The average molecular weight is 396 g/mol. The summed E-state index contributed by atoms with van der Waals surface area (Å²) < 4.78 is 6.47. The summed E-state index contributed by atoms with van der Waals surface area (Å²) in [6.45, 7) is 0.641. The Morgan fingerprint density at radius 3 is 1.64 bits per heavy atom. The topological polar surface area (TPSA) is 29.5 Å². The fraction of sp³-hybridized carbons (Fsp3) is 0.208. The highest BCUT2D eigenvalue weighted by Gasteiger charge is 2.42. The number of rotatable bonds is 8. The van der Waals surface area contributed by atoms with Crippen molar-refractivity contribution in [3.05, 3.63) is 108 Å². The number of nitrogens with zero attached hydrogens (tertiary/aromatic N) is 1. The molecule has 0 aromatic heterocycles. The van der Waals surface area contributed by atoms with Crippen LogP contribution in [0.1, 0.15) is 16.7 Å². The van der Waals surface area contributed by atoms with Crippen molar-refractivity contribution in [3.8, 4) is 0 Å². The van der Waals surface area contributed by atoms with Crippen LogP contribution in [0.4, 0.5) is 0 Å². The number of Topliss-reactive ketones (excluding diaryl/α,β-unsaturated/α-hetero) is 1. The minimum absolute atomic E-state index is 0. The summed E-state index contributed by atoms with van der Waals surface area (Å²) in [7, 11) is 3.80. The molecule has 0 heterocycles. The minimum Gasteiger partial charge on any atom is -0.353 e. The summed E-state index contributed by atoms with van der Waals surface area (Å²) >= 11 is 0. The Labute approximate surface area is 173 Å². The molecule has 0 atom stereocenters. The molecule has 0 spiro atoms. The number of carbonyl (C=O) groups excluding carboxylic acids is 1. The van der Waals surface area contributed by atoms with Crippen molar-refractivity contribution in [2.75, 3.05) is 20.6 Å². The van der Waals surface area contributed by atoms with Crippen LogP contribution in [-0.2, 0) is 21.7 Å². The second kappa shape index (κ2) is 10.2. The van der Waals surface area contributed by atoms with Crippen LogP contribution in [0, 0.1) is 0 Å². The van der Waals surface area contributed by atoms with Gasteiger partial charge in [0.1, 0.15) is 0 Å². The zero-order chi connectivity index (χ0) is 19.1. The molecule has 146 valence electrons. The predicted molar refractivity (Wildman–Crippen MR) is 116 cm³/mol. The van der Waals surface area contributed by atoms with E-state index in [1.807, 2.05) is 110 Å². The van der Waals surface area contributed by atoms with Gasteiger partial charge in [-0.15, -0.1) is 12.4 Å². The maximum atomic E-state index is 13.5. The zero-order valence-corrected chi connectivity index (χ0v) is 17.1. The van der Waals surface area contributed by atoms with E-state index in [2.05, 4.69) is 0 Å². The average Bonchev–Trinajstić information content (AvgIpc) is 2.70. The first-order valence-electron chi connectivity index (χ1n) is 9.10. The molecule has 0 radical (unpaired) electrons. The molecule has 0 saturated carbocycles. The van der Waals surface area contributed by atoms with Gasteiger partial charge in [0, 0.05) is 0 Å². The monoisotopic (exact) mass is 395 g/mol. The SMILES string of the molecule is CN(C)CC(=O)C(OCc1ccccc1)(c1ccccc1)c1ccccc1.Cl. The number of hydrogen-bond acceptors (Lipinski definition) is 3. The van der Waals surface area contributed by atoms with Crippen molar-refractivity contribution in [3.63, 3.8) is 0 Å². The quantitative estimate of drug-likeness (QED) is 0.553. The number of halogens is 1. The molecule has 3 aromatic carbocycles. The van der Waals surface area contributed by atoms with E-state index in [0.29, 0.717) is 13.2 Å². The zero-order valence-electron chi connectivity index (χ0n) is 16.2. The molecule has 0 aliphatic rings. The third-order valence-corrected chi connectivity index (χ3v) is 4.51. The molecule has 3 nitrogen and oxygen atoms in total. The Morgan fingerprint density at radius 2 is 1.21 bits per heavy atom. The van der Waals surface area contributed by atoms with Crippen LogP contribution in [0.2, 0.25) is 0 Å². The third-order valence-electron chi connectivity index (χ3n) is 4.51. The lowest BCUT2D eigenvalue weighted by molar-refractivity contribution is -0.143. The molecule has 0 aliphatic carbocycles. The molecule has 0 saturated heterocycles. The Hall–Kier alpha value is -2.46. The highest BCUT2D eigenvalue weighted by molar-refractivity contribution is 5.93. The normalized spacial score (nSPS) is 11.1. The lowest BCUT2D eigenvalue weighted by Crippen LogP contribution is -2.44. The maximum absolute atomic E-state index is 13.5. The smallest absolute Gasteiger partial charge is 0.187 e. The second-order valence-corrected chi connectivity index (χ2v) is 6.85. The molecule has 0 unspecified atom stereocenters. The summed E-state index contributed by atoms with van der Waals surface area (Å²) in [6, 6.07) is 29.5. The van der Waals surface area contributed by atoms with Gasteiger partial charge in [0.25, 0.3) is 0 Å².